The minimum Gasteiger partial charge on any atom is -0.383 e. The van der Waals surface area contributed by atoms with Gasteiger partial charge in [-0.2, -0.15) is 11.3 Å². The zero-order valence-corrected chi connectivity index (χ0v) is 17.5. The van der Waals surface area contributed by atoms with Crippen molar-refractivity contribution in [2.24, 2.45) is 10.7 Å². The van der Waals surface area contributed by atoms with Gasteiger partial charge in [0.1, 0.15) is 5.60 Å². The van der Waals surface area contributed by atoms with Crippen LogP contribution in [0, 0.1) is 0 Å². The van der Waals surface area contributed by atoms with Gasteiger partial charge in [0.15, 0.2) is 5.96 Å². The lowest BCUT2D eigenvalue weighted by molar-refractivity contribution is 0.0678. The molecule has 0 aliphatic heterocycles. The van der Waals surface area contributed by atoms with Gasteiger partial charge in [-0.3, -0.25) is 0 Å². The molecule has 2 aromatic rings. The van der Waals surface area contributed by atoms with Gasteiger partial charge >= 0.3 is 0 Å². The van der Waals surface area contributed by atoms with Crippen molar-refractivity contribution in [1.82, 2.24) is 0 Å². The molecule has 1 aromatic carbocycles. The summed E-state index contributed by atoms with van der Waals surface area (Å²) in [6.45, 7) is 6.21. The van der Waals surface area contributed by atoms with Crippen LogP contribution in [0.4, 0.5) is 5.69 Å². The number of nitrogens with one attached hydrogen (secondary N) is 1. The predicted molar refractivity (Wildman–Crippen MR) is 115 cm³/mol. The topological polar surface area (TPSA) is 70.6 Å². The normalized spacial score (nSPS) is 13.9. The Morgan fingerprint density at radius 1 is 1.25 bits per heavy atom. The SMILES string of the molecule is CCc1cccc(CC)c1NC(N)=NCC(C)(O)c1ccsc1.I. The van der Waals surface area contributed by atoms with Crippen molar-refractivity contribution < 1.29 is 5.11 Å². The number of guanidine groups is 1. The zero-order valence-electron chi connectivity index (χ0n) is 14.4. The van der Waals surface area contributed by atoms with Gasteiger partial charge in [-0.05, 0) is 53.3 Å². The van der Waals surface area contributed by atoms with Crippen LogP contribution in [0.15, 0.2) is 40.0 Å². The first kappa shape index (κ1) is 20.9. The highest BCUT2D eigenvalue weighted by molar-refractivity contribution is 14.0. The van der Waals surface area contributed by atoms with Gasteiger partial charge in [0.2, 0.25) is 0 Å². The van der Waals surface area contributed by atoms with E-state index in [9.17, 15) is 5.11 Å². The highest BCUT2D eigenvalue weighted by Crippen LogP contribution is 2.24. The molecule has 24 heavy (non-hydrogen) atoms. The summed E-state index contributed by atoms with van der Waals surface area (Å²) >= 11 is 1.56. The fraction of sp³-hybridized carbons (Fsp3) is 0.389. The van der Waals surface area contributed by atoms with Gasteiger partial charge in [0, 0.05) is 5.69 Å². The van der Waals surface area contributed by atoms with Crippen molar-refractivity contribution in [2.75, 3.05) is 11.9 Å². The van der Waals surface area contributed by atoms with E-state index < -0.39 is 5.60 Å². The summed E-state index contributed by atoms with van der Waals surface area (Å²) in [4.78, 5) is 4.34. The molecule has 0 bridgehead atoms. The van der Waals surface area contributed by atoms with E-state index in [1.54, 1.807) is 18.3 Å². The molecule has 0 spiro atoms. The number of rotatable bonds is 6. The van der Waals surface area contributed by atoms with Crippen molar-refractivity contribution in [1.29, 1.82) is 0 Å². The second-order valence-electron chi connectivity index (χ2n) is 5.77. The van der Waals surface area contributed by atoms with Crippen LogP contribution in [-0.4, -0.2) is 17.6 Å². The van der Waals surface area contributed by atoms with Crippen molar-refractivity contribution in [3.05, 3.63) is 51.7 Å². The molecule has 6 heteroatoms. The third-order valence-corrected chi connectivity index (χ3v) is 4.64. The third-order valence-electron chi connectivity index (χ3n) is 3.95. The van der Waals surface area contributed by atoms with E-state index >= 15 is 0 Å². The summed E-state index contributed by atoms with van der Waals surface area (Å²) in [7, 11) is 0. The maximum atomic E-state index is 10.5. The Balaban J connectivity index is 0.00000288. The summed E-state index contributed by atoms with van der Waals surface area (Å²) in [6, 6.07) is 8.16. The number of hydrogen-bond acceptors (Lipinski definition) is 3. The van der Waals surface area contributed by atoms with Crippen LogP contribution in [0.25, 0.3) is 0 Å². The molecule has 1 atom stereocenters. The maximum absolute atomic E-state index is 10.5. The summed E-state index contributed by atoms with van der Waals surface area (Å²) in [5.74, 6) is 0.330. The second kappa shape index (κ2) is 9.39. The third kappa shape index (κ3) is 5.19. The number of benzene rings is 1. The van der Waals surface area contributed by atoms with Gasteiger partial charge in [-0.25, -0.2) is 4.99 Å². The minimum absolute atomic E-state index is 0. The average Bonchev–Trinajstić information content (AvgIpc) is 3.08. The average molecular weight is 459 g/mol. The van der Waals surface area contributed by atoms with Crippen LogP contribution in [0.1, 0.15) is 37.5 Å². The van der Waals surface area contributed by atoms with Crippen molar-refractivity contribution >= 4 is 47.0 Å². The van der Waals surface area contributed by atoms with E-state index in [4.69, 9.17) is 5.73 Å². The summed E-state index contributed by atoms with van der Waals surface area (Å²) < 4.78 is 0. The van der Waals surface area contributed by atoms with Crippen molar-refractivity contribution in [2.45, 2.75) is 39.2 Å². The van der Waals surface area contributed by atoms with Crippen LogP contribution < -0.4 is 11.1 Å². The van der Waals surface area contributed by atoms with Crippen LogP contribution in [0.5, 0.6) is 0 Å². The van der Waals surface area contributed by atoms with E-state index in [-0.39, 0.29) is 30.5 Å². The molecular formula is C18H26IN3OS. The van der Waals surface area contributed by atoms with Crippen molar-refractivity contribution in [3.63, 3.8) is 0 Å². The molecule has 0 fully saturated rings. The number of hydrogen-bond donors (Lipinski definition) is 3. The van der Waals surface area contributed by atoms with Gasteiger partial charge in [0.05, 0.1) is 6.54 Å². The number of nitrogens with two attached hydrogens (primary N) is 1. The summed E-state index contributed by atoms with van der Waals surface area (Å²) in [5, 5.41) is 17.6. The molecule has 4 N–H and O–H groups in total. The lowest BCUT2D eigenvalue weighted by atomic mass is 10.00. The highest BCUT2D eigenvalue weighted by atomic mass is 127. The molecule has 0 radical (unpaired) electrons. The van der Waals surface area contributed by atoms with Gasteiger partial charge in [-0.1, -0.05) is 32.0 Å². The number of nitrogens with zero attached hydrogens (tertiary/aromatic N) is 1. The quantitative estimate of drug-likeness (QED) is 0.346. The minimum atomic E-state index is -1.01. The number of para-hydroxylation sites is 1. The van der Waals surface area contributed by atoms with Crippen LogP contribution in [0.2, 0.25) is 0 Å². The van der Waals surface area contributed by atoms with Crippen LogP contribution in [0.3, 0.4) is 0 Å². The maximum Gasteiger partial charge on any atom is 0.193 e. The Kier molecular flexibility index (Phi) is 8.18. The zero-order chi connectivity index (χ0) is 16.9. The van der Waals surface area contributed by atoms with Crippen molar-refractivity contribution in [3.8, 4) is 0 Å². The predicted octanol–water partition coefficient (Wildman–Crippen LogP) is 4.13. The Hall–Kier alpha value is -1.12. The first-order valence-corrected chi connectivity index (χ1v) is 8.85. The van der Waals surface area contributed by atoms with E-state index in [0.717, 1.165) is 24.1 Å². The Bertz CT molecular complexity index is 647. The monoisotopic (exact) mass is 459 g/mol. The standard InChI is InChI=1S/C18H25N3OS.HI/c1-4-13-7-6-8-14(5-2)16(13)21-17(19)20-12-18(3,22)15-9-10-23-11-15;/h6-11,22H,4-5,12H2,1-3H3,(H3,19,20,21);1H. The Morgan fingerprint density at radius 2 is 1.88 bits per heavy atom. The van der Waals surface area contributed by atoms with Gasteiger partial charge in [0.25, 0.3) is 0 Å². The number of halogens is 1. The molecule has 4 nitrogen and oxygen atoms in total. The van der Waals surface area contributed by atoms with Crippen LogP contribution >= 0.6 is 35.3 Å². The lowest BCUT2D eigenvalue weighted by Crippen LogP contribution is -2.29. The fourth-order valence-electron chi connectivity index (χ4n) is 2.47. The highest BCUT2D eigenvalue weighted by Gasteiger charge is 2.23. The van der Waals surface area contributed by atoms with E-state index in [0.29, 0.717) is 5.96 Å². The molecule has 0 saturated carbocycles. The molecule has 2 rings (SSSR count). The molecule has 0 saturated heterocycles. The molecular weight excluding hydrogens is 433 g/mol. The second-order valence-corrected chi connectivity index (χ2v) is 6.55. The molecule has 1 unspecified atom stereocenters. The first-order chi connectivity index (χ1) is 11.0. The molecule has 132 valence electrons. The number of thiophene rings is 1. The van der Waals surface area contributed by atoms with E-state index in [1.807, 2.05) is 16.8 Å². The van der Waals surface area contributed by atoms with Crippen LogP contribution in [-0.2, 0) is 18.4 Å². The smallest absolute Gasteiger partial charge is 0.193 e. The molecule has 0 amide bonds. The summed E-state index contributed by atoms with van der Waals surface area (Å²) in [6.07, 6.45) is 1.85. The molecule has 1 heterocycles. The van der Waals surface area contributed by atoms with E-state index in [1.165, 1.54) is 11.1 Å². The molecule has 0 aliphatic rings. The lowest BCUT2D eigenvalue weighted by Gasteiger charge is -2.21. The number of anilines is 1. The number of aryl methyl sites for hydroxylation is 2. The van der Waals surface area contributed by atoms with Gasteiger partial charge in [-0.15, -0.1) is 24.0 Å². The summed E-state index contributed by atoms with van der Waals surface area (Å²) in [5.41, 5.74) is 9.36. The van der Waals surface area contributed by atoms with Gasteiger partial charge < -0.3 is 16.2 Å². The molecule has 1 aromatic heterocycles. The first-order valence-electron chi connectivity index (χ1n) is 7.90. The number of aliphatic imine (C=N–C) groups is 1. The number of aliphatic hydroxyl groups is 1. The Labute approximate surface area is 165 Å². The largest absolute Gasteiger partial charge is 0.383 e. The molecule has 0 aliphatic carbocycles. The fourth-order valence-corrected chi connectivity index (χ4v) is 3.25. The van der Waals surface area contributed by atoms with E-state index in [2.05, 4.69) is 42.4 Å². The Morgan fingerprint density at radius 3 is 2.38 bits per heavy atom.